The maximum absolute atomic E-state index is 5.95. The number of hydrogen-bond acceptors (Lipinski definition) is 6. The third kappa shape index (κ3) is 4.28. The van der Waals surface area contributed by atoms with Gasteiger partial charge in [-0.1, -0.05) is 17.7 Å². The molecule has 1 N–H and O–H groups in total. The zero-order chi connectivity index (χ0) is 18.6. The summed E-state index contributed by atoms with van der Waals surface area (Å²) in [4.78, 5) is 18.2. The second-order valence-corrected chi connectivity index (χ2v) is 6.89. The van der Waals surface area contributed by atoms with Gasteiger partial charge in [0.1, 0.15) is 23.3 Å². The number of aromatic nitrogens is 3. The summed E-state index contributed by atoms with van der Waals surface area (Å²) in [6, 6.07) is 15.6. The van der Waals surface area contributed by atoms with Crippen LogP contribution in [-0.2, 0) is 0 Å². The average Bonchev–Trinajstić information content (AvgIpc) is 2.70. The minimum absolute atomic E-state index is 0.714. The summed E-state index contributed by atoms with van der Waals surface area (Å²) in [6.07, 6.45) is 1.84. The molecule has 1 aliphatic rings. The van der Waals surface area contributed by atoms with E-state index in [0.717, 1.165) is 55.1 Å². The van der Waals surface area contributed by atoms with Crippen molar-refractivity contribution in [2.24, 2.45) is 0 Å². The maximum atomic E-state index is 5.95. The molecule has 0 saturated carbocycles. The van der Waals surface area contributed by atoms with E-state index in [1.54, 1.807) is 0 Å². The van der Waals surface area contributed by atoms with Crippen molar-refractivity contribution in [3.8, 4) is 0 Å². The van der Waals surface area contributed by atoms with Gasteiger partial charge < -0.3 is 15.1 Å². The summed E-state index contributed by atoms with van der Waals surface area (Å²) in [5.41, 5.74) is 0.948. The quantitative estimate of drug-likeness (QED) is 0.740. The van der Waals surface area contributed by atoms with Gasteiger partial charge in [-0.05, 0) is 43.3 Å². The lowest BCUT2D eigenvalue weighted by Gasteiger charge is -2.36. The Hall–Kier alpha value is -2.86. The fraction of sp³-hybridized carbons (Fsp3) is 0.250. The lowest BCUT2D eigenvalue weighted by Crippen LogP contribution is -2.47. The van der Waals surface area contributed by atoms with Gasteiger partial charge in [-0.3, -0.25) is 0 Å². The minimum atomic E-state index is 0.714. The van der Waals surface area contributed by atoms with Gasteiger partial charge in [0.05, 0.1) is 0 Å². The number of benzene rings is 1. The Labute approximate surface area is 163 Å². The minimum Gasteiger partial charge on any atom is -0.353 e. The molecule has 0 radical (unpaired) electrons. The molecule has 0 amide bonds. The molecule has 0 spiro atoms. The van der Waals surface area contributed by atoms with Crippen molar-refractivity contribution in [2.75, 3.05) is 41.3 Å². The van der Waals surface area contributed by atoms with Crippen LogP contribution >= 0.6 is 11.6 Å². The number of anilines is 4. The molecule has 2 aromatic heterocycles. The number of pyridine rings is 1. The van der Waals surface area contributed by atoms with Crippen LogP contribution < -0.4 is 15.1 Å². The van der Waals surface area contributed by atoms with Gasteiger partial charge in [0.25, 0.3) is 0 Å². The number of nitrogens with zero attached hydrogens (tertiary/aromatic N) is 5. The number of piperazine rings is 1. The molecule has 138 valence electrons. The Morgan fingerprint density at radius 3 is 2.26 bits per heavy atom. The predicted molar refractivity (Wildman–Crippen MR) is 110 cm³/mol. The topological polar surface area (TPSA) is 57.2 Å². The van der Waals surface area contributed by atoms with E-state index >= 15 is 0 Å². The highest BCUT2D eigenvalue weighted by molar-refractivity contribution is 6.30. The number of halogens is 1. The summed E-state index contributed by atoms with van der Waals surface area (Å²) in [7, 11) is 0. The SMILES string of the molecule is Cc1nc(Nc2ccc(Cl)cc2)cc(N2CCN(c3ccccn3)CC2)n1. The first-order valence-corrected chi connectivity index (χ1v) is 9.34. The fourth-order valence-electron chi connectivity index (χ4n) is 3.16. The summed E-state index contributed by atoms with van der Waals surface area (Å²) >= 11 is 5.95. The molecule has 1 fully saturated rings. The van der Waals surface area contributed by atoms with Crippen LogP contribution in [0.2, 0.25) is 5.02 Å². The Bertz CT molecular complexity index is 892. The second kappa shape index (κ2) is 7.80. The van der Waals surface area contributed by atoms with Crippen LogP contribution in [0, 0.1) is 6.92 Å². The van der Waals surface area contributed by atoms with E-state index in [0.29, 0.717) is 5.02 Å². The van der Waals surface area contributed by atoms with Crippen molar-refractivity contribution in [3.63, 3.8) is 0 Å². The maximum Gasteiger partial charge on any atom is 0.136 e. The van der Waals surface area contributed by atoms with Crippen molar-refractivity contribution in [1.29, 1.82) is 0 Å². The van der Waals surface area contributed by atoms with Gasteiger partial charge in [-0.2, -0.15) is 0 Å². The Morgan fingerprint density at radius 1 is 0.889 bits per heavy atom. The number of hydrogen-bond donors (Lipinski definition) is 1. The summed E-state index contributed by atoms with van der Waals surface area (Å²) in [5, 5.41) is 4.04. The molecule has 3 aromatic rings. The van der Waals surface area contributed by atoms with Crippen LogP contribution in [-0.4, -0.2) is 41.1 Å². The van der Waals surface area contributed by atoms with Gasteiger partial charge in [0, 0.05) is 49.2 Å². The fourth-order valence-corrected chi connectivity index (χ4v) is 3.29. The molecular weight excluding hydrogens is 360 g/mol. The van der Waals surface area contributed by atoms with Crippen LogP contribution in [0.15, 0.2) is 54.7 Å². The summed E-state index contributed by atoms with van der Waals surface area (Å²) < 4.78 is 0. The highest BCUT2D eigenvalue weighted by Crippen LogP contribution is 2.23. The van der Waals surface area contributed by atoms with E-state index in [1.807, 2.05) is 55.6 Å². The molecule has 1 aromatic carbocycles. The third-order valence-corrected chi connectivity index (χ3v) is 4.77. The number of nitrogens with one attached hydrogen (secondary N) is 1. The van der Waals surface area contributed by atoms with Crippen LogP contribution in [0.5, 0.6) is 0 Å². The van der Waals surface area contributed by atoms with Gasteiger partial charge in [0.2, 0.25) is 0 Å². The number of aryl methyl sites for hydroxylation is 1. The molecule has 0 aliphatic carbocycles. The lowest BCUT2D eigenvalue weighted by atomic mass is 10.3. The Morgan fingerprint density at radius 2 is 1.59 bits per heavy atom. The molecular formula is C20H21ClN6. The summed E-state index contributed by atoms with van der Waals surface area (Å²) in [5.74, 6) is 3.50. The largest absolute Gasteiger partial charge is 0.353 e. The zero-order valence-corrected chi connectivity index (χ0v) is 15.9. The van der Waals surface area contributed by atoms with Crippen LogP contribution in [0.4, 0.5) is 23.1 Å². The molecule has 7 heteroatoms. The smallest absolute Gasteiger partial charge is 0.136 e. The van der Waals surface area contributed by atoms with E-state index in [4.69, 9.17) is 11.6 Å². The molecule has 1 aliphatic heterocycles. The third-order valence-electron chi connectivity index (χ3n) is 4.52. The normalized spacial score (nSPS) is 14.3. The van der Waals surface area contributed by atoms with E-state index in [2.05, 4.69) is 36.1 Å². The standard InChI is InChI=1S/C20H21ClN6/c1-15-23-18(25-17-7-5-16(21)6-8-17)14-20(24-15)27-12-10-26(11-13-27)19-4-2-3-9-22-19/h2-9,14H,10-13H2,1H3,(H,23,24,25). The average molecular weight is 381 g/mol. The molecule has 6 nitrogen and oxygen atoms in total. The molecule has 3 heterocycles. The molecule has 4 rings (SSSR count). The van der Waals surface area contributed by atoms with Gasteiger partial charge in [-0.15, -0.1) is 0 Å². The zero-order valence-electron chi connectivity index (χ0n) is 15.1. The molecule has 0 bridgehead atoms. The highest BCUT2D eigenvalue weighted by Gasteiger charge is 2.19. The Balaban J connectivity index is 1.46. The first kappa shape index (κ1) is 17.5. The first-order chi connectivity index (χ1) is 13.2. The van der Waals surface area contributed by atoms with Crippen LogP contribution in [0.3, 0.4) is 0 Å². The van der Waals surface area contributed by atoms with Crippen molar-refractivity contribution in [1.82, 2.24) is 15.0 Å². The monoisotopic (exact) mass is 380 g/mol. The van der Waals surface area contributed by atoms with Gasteiger partial charge in [-0.25, -0.2) is 15.0 Å². The van der Waals surface area contributed by atoms with Crippen molar-refractivity contribution in [3.05, 3.63) is 65.6 Å². The molecule has 0 unspecified atom stereocenters. The molecule has 0 atom stereocenters. The van der Waals surface area contributed by atoms with E-state index in [-0.39, 0.29) is 0 Å². The van der Waals surface area contributed by atoms with Gasteiger partial charge in [0.15, 0.2) is 0 Å². The number of rotatable bonds is 4. The van der Waals surface area contributed by atoms with Crippen molar-refractivity contribution in [2.45, 2.75) is 6.92 Å². The Kier molecular flexibility index (Phi) is 5.07. The van der Waals surface area contributed by atoms with Crippen LogP contribution in [0.25, 0.3) is 0 Å². The predicted octanol–water partition coefficient (Wildman–Crippen LogP) is 3.90. The second-order valence-electron chi connectivity index (χ2n) is 6.45. The lowest BCUT2D eigenvalue weighted by molar-refractivity contribution is 0.640. The van der Waals surface area contributed by atoms with E-state index < -0.39 is 0 Å². The van der Waals surface area contributed by atoms with Gasteiger partial charge >= 0.3 is 0 Å². The first-order valence-electron chi connectivity index (χ1n) is 8.96. The van der Waals surface area contributed by atoms with Crippen molar-refractivity contribution >= 4 is 34.7 Å². The summed E-state index contributed by atoms with van der Waals surface area (Å²) in [6.45, 7) is 5.54. The highest BCUT2D eigenvalue weighted by atomic mass is 35.5. The van der Waals surface area contributed by atoms with Crippen LogP contribution in [0.1, 0.15) is 5.82 Å². The van der Waals surface area contributed by atoms with E-state index in [9.17, 15) is 0 Å². The van der Waals surface area contributed by atoms with E-state index in [1.165, 1.54) is 0 Å². The molecule has 1 saturated heterocycles. The molecule has 27 heavy (non-hydrogen) atoms. The van der Waals surface area contributed by atoms with Crippen molar-refractivity contribution < 1.29 is 0 Å².